The van der Waals surface area contributed by atoms with Crippen molar-refractivity contribution in [2.75, 3.05) is 12.3 Å². The predicted molar refractivity (Wildman–Crippen MR) is 67.2 cm³/mol. The Morgan fingerprint density at radius 2 is 2.33 bits per heavy atom. The Morgan fingerprint density at radius 1 is 1.50 bits per heavy atom. The van der Waals surface area contributed by atoms with Crippen LogP contribution in [-0.4, -0.2) is 32.4 Å². The van der Waals surface area contributed by atoms with Gasteiger partial charge in [-0.15, -0.1) is 0 Å². The molecule has 3 rings (SSSR count). The molecular formula is C11H13ClN4O2. The SMILES string of the molecule is Nc1nc(Cl)nc2c1ccn2[C@H]1CCC(CO)O1. The standard InChI is InChI=1S/C11H13ClN4O2/c12-11-14-9(13)7-3-4-16(10(7)15-11)8-2-1-6(5-17)18-8/h3-4,6,8,17H,1-2,5H2,(H2,13,14,15)/t6?,8-/m1/s1. The highest BCUT2D eigenvalue weighted by Gasteiger charge is 2.27. The van der Waals surface area contributed by atoms with Gasteiger partial charge in [0.25, 0.3) is 0 Å². The smallest absolute Gasteiger partial charge is 0.226 e. The molecule has 18 heavy (non-hydrogen) atoms. The number of rotatable bonds is 2. The van der Waals surface area contributed by atoms with Gasteiger partial charge in [0.2, 0.25) is 5.28 Å². The van der Waals surface area contributed by atoms with Crippen LogP contribution in [0, 0.1) is 0 Å². The summed E-state index contributed by atoms with van der Waals surface area (Å²) in [5.41, 5.74) is 6.46. The number of aliphatic hydroxyl groups excluding tert-OH is 1. The highest BCUT2D eigenvalue weighted by molar-refractivity contribution is 6.28. The largest absolute Gasteiger partial charge is 0.394 e. The minimum atomic E-state index is -0.134. The third kappa shape index (κ3) is 1.82. The lowest BCUT2D eigenvalue weighted by Gasteiger charge is -2.14. The summed E-state index contributed by atoms with van der Waals surface area (Å²) in [6.07, 6.45) is 3.27. The first-order valence-corrected chi connectivity index (χ1v) is 6.12. The molecule has 6 nitrogen and oxygen atoms in total. The van der Waals surface area contributed by atoms with Gasteiger partial charge >= 0.3 is 0 Å². The lowest BCUT2D eigenvalue weighted by molar-refractivity contribution is -0.0204. The molecule has 3 heterocycles. The average Bonchev–Trinajstić information content (AvgIpc) is 2.93. The molecular weight excluding hydrogens is 256 g/mol. The number of nitrogens with two attached hydrogens (primary N) is 1. The van der Waals surface area contributed by atoms with E-state index in [0.717, 1.165) is 18.2 Å². The minimum absolute atomic E-state index is 0.0353. The van der Waals surface area contributed by atoms with Crippen molar-refractivity contribution >= 4 is 28.5 Å². The van der Waals surface area contributed by atoms with Gasteiger partial charge in [-0.05, 0) is 30.5 Å². The van der Waals surface area contributed by atoms with Crippen molar-refractivity contribution in [2.45, 2.75) is 25.2 Å². The second kappa shape index (κ2) is 4.38. The highest BCUT2D eigenvalue weighted by atomic mass is 35.5. The van der Waals surface area contributed by atoms with Crippen LogP contribution in [0.4, 0.5) is 5.82 Å². The zero-order valence-electron chi connectivity index (χ0n) is 9.58. The first-order valence-electron chi connectivity index (χ1n) is 5.75. The van der Waals surface area contributed by atoms with Gasteiger partial charge in [0.05, 0.1) is 18.1 Å². The average molecular weight is 269 g/mol. The number of aromatic nitrogens is 3. The molecule has 96 valence electrons. The molecule has 0 bridgehead atoms. The van der Waals surface area contributed by atoms with E-state index in [1.165, 1.54) is 0 Å². The van der Waals surface area contributed by atoms with E-state index >= 15 is 0 Å². The minimum Gasteiger partial charge on any atom is -0.394 e. The highest BCUT2D eigenvalue weighted by Crippen LogP contribution is 2.32. The van der Waals surface area contributed by atoms with E-state index in [-0.39, 0.29) is 24.2 Å². The summed E-state index contributed by atoms with van der Waals surface area (Å²) in [5.74, 6) is 0.362. The summed E-state index contributed by atoms with van der Waals surface area (Å²) in [4.78, 5) is 8.10. The second-order valence-corrected chi connectivity index (χ2v) is 4.65. The topological polar surface area (TPSA) is 86.2 Å². The summed E-state index contributed by atoms with van der Waals surface area (Å²) < 4.78 is 7.60. The van der Waals surface area contributed by atoms with E-state index in [2.05, 4.69) is 9.97 Å². The van der Waals surface area contributed by atoms with Gasteiger partial charge in [-0.2, -0.15) is 4.98 Å². The maximum atomic E-state index is 9.08. The Balaban J connectivity index is 2.03. The predicted octanol–water partition coefficient (Wildman–Crippen LogP) is 1.34. The summed E-state index contributed by atoms with van der Waals surface area (Å²) in [5, 5.41) is 9.96. The van der Waals surface area contributed by atoms with E-state index in [4.69, 9.17) is 27.2 Å². The van der Waals surface area contributed by atoms with Gasteiger partial charge in [0, 0.05) is 6.20 Å². The number of fused-ring (bicyclic) bond motifs is 1. The molecule has 1 saturated heterocycles. The molecule has 3 N–H and O–H groups in total. The number of aliphatic hydroxyl groups is 1. The Labute approximate surface area is 108 Å². The van der Waals surface area contributed by atoms with Gasteiger partial charge in [-0.3, -0.25) is 0 Å². The molecule has 2 atom stereocenters. The van der Waals surface area contributed by atoms with Crippen molar-refractivity contribution in [1.82, 2.24) is 14.5 Å². The van der Waals surface area contributed by atoms with Crippen molar-refractivity contribution in [3.63, 3.8) is 0 Å². The van der Waals surface area contributed by atoms with Crippen LogP contribution < -0.4 is 5.73 Å². The van der Waals surface area contributed by atoms with Gasteiger partial charge in [-0.25, -0.2) is 4.98 Å². The molecule has 2 aromatic heterocycles. The fraction of sp³-hybridized carbons (Fsp3) is 0.455. The molecule has 0 aliphatic carbocycles. The Bertz CT molecular complexity index is 586. The molecule has 0 aromatic carbocycles. The van der Waals surface area contributed by atoms with Crippen molar-refractivity contribution in [3.8, 4) is 0 Å². The first-order chi connectivity index (χ1) is 8.69. The molecule has 2 aromatic rings. The Kier molecular flexibility index (Phi) is 2.85. The van der Waals surface area contributed by atoms with Crippen molar-refractivity contribution in [2.24, 2.45) is 0 Å². The number of hydrogen-bond acceptors (Lipinski definition) is 5. The number of halogens is 1. The number of hydrogen-bond donors (Lipinski definition) is 2. The van der Waals surface area contributed by atoms with E-state index < -0.39 is 0 Å². The first kappa shape index (κ1) is 11.7. The summed E-state index contributed by atoms with van der Waals surface area (Å²) >= 11 is 5.82. The van der Waals surface area contributed by atoms with Crippen LogP contribution in [0.5, 0.6) is 0 Å². The van der Waals surface area contributed by atoms with Gasteiger partial charge in [0.1, 0.15) is 17.7 Å². The zero-order valence-corrected chi connectivity index (χ0v) is 10.3. The molecule has 0 spiro atoms. The number of nitrogen functional groups attached to an aromatic ring is 1. The van der Waals surface area contributed by atoms with E-state index in [9.17, 15) is 0 Å². The molecule has 1 fully saturated rings. The number of ether oxygens (including phenoxy) is 1. The fourth-order valence-corrected chi connectivity index (χ4v) is 2.46. The van der Waals surface area contributed by atoms with Crippen LogP contribution in [0.15, 0.2) is 12.3 Å². The van der Waals surface area contributed by atoms with Crippen LogP contribution in [0.2, 0.25) is 5.28 Å². The normalized spacial score (nSPS) is 23.9. The molecule has 1 aliphatic rings. The Morgan fingerprint density at radius 3 is 3.06 bits per heavy atom. The summed E-state index contributed by atoms with van der Waals surface area (Å²) in [6.45, 7) is 0.0353. The monoisotopic (exact) mass is 268 g/mol. The van der Waals surface area contributed by atoms with Gasteiger partial charge in [0.15, 0.2) is 0 Å². The molecule has 0 amide bonds. The van der Waals surface area contributed by atoms with Gasteiger partial charge < -0.3 is 20.1 Å². The van der Waals surface area contributed by atoms with Crippen LogP contribution in [-0.2, 0) is 4.74 Å². The summed E-state index contributed by atoms with van der Waals surface area (Å²) in [7, 11) is 0. The fourth-order valence-electron chi connectivity index (χ4n) is 2.29. The molecule has 1 aliphatic heterocycles. The second-order valence-electron chi connectivity index (χ2n) is 4.31. The molecule has 0 saturated carbocycles. The third-order valence-corrected chi connectivity index (χ3v) is 3.34. The van der Waals surface area contributed by atoms with Crippen LogP contribution in [0.25, 0.3) is 11.0 Å². The Hall–Kier alpha value is -1.37. The lowest BCUT2D eigenvalue weighted by Crippen LogP contribution is -2.14. The van der Waals surface area contributed by atoms with Gasteiger partial charge in [-0.1, -0.05) is 0 Å². The van der Waals surface area contributed by atoms with Crippen LogP contribution in [0.1, 0.15) is 19.1 Å². The maximum absolute atomic E-state index is 9.08. The zero-order chi connectivity index (χ0) is 12.7. The number of nitrogens with zero attached hydrogens (tertiary/aromatic N) is 3. The van der Waals surface area contributed by atoms with E-state index in [1.807, 2.05) is 16.8 Å². The van der Waals surface area contributed by atoms with Crippen molar-refractivity contribution < 1.29 is 9.84 Å². The van der Waals surface area contributed by atoms with Crippen LogP contribution >= 0.6 is 11.6 Å². The molecule has 1 unspecified atom stereocenters. The molecule has 7 heteroatoms. The number of anilines is 1. The summed E-state index contributed by atoms with van der Waals surface area (Å²) in [6, 6.07) is 1.84. The van der Waals surface area contributed by atoms with E-state index in [1.54, 1.807) is 0 Å². The third-order valence-electron chi connectivity index (χ3n) is 3.17. The van der Waals surface area contributed by atoms with E-state index in [0.29, 0.717) is 11.5 Å². The maximum Gasteiger partial charge on any atom is 0.226 e. The van der Waals surface area contributed by atoms with Crippen molar-refractivity contribution in [3.05, 3.63) is 17.5 Å². The van der Waals surface area contributed by atoms with Crippen molar-refractivity contribution in [1.29, 1.82) is 0 Å². The molecule has 0 radical (unpaired) electrons. The quantitative estimate of drug-likeness (QED) is 0.803. The lowest BCUT2D eigenvalue weighted by atomic mass is 10.2. The van der Waals surface area contributed by atoms with Crippen LogP contribution in [0.3, 0.4) is 0 Å².